The minimum Gasteiger partial charge on any atom is -0.493 e. The SMILES string of the molecule is COc1ccc(CCC(=O)OCC(=O)Nc2c(C)nn(C)c2C)cc1OC. The maximum atomic E-state index is 12.0. The summed E-state index contributed by atoms with van der Waals surface area (Å²) in [4.78, 5) is 23.9. The van der Waals surface area contributed by atoms with Crippen LogP contribution in [0.1, 0.15) is 23.4 Å². The Morgan fingerprint density at radius 2 is 1.85 bits per heavy atom. The first-order chi connectivity index (χ1) is 12.8. The lowest BCUT2D eigenvalue weighted by Gasteiger charge is -2.10. The van der Waals surface area contributed by atoms with Crippen molar-refractivity contribution >= 4 is 17.6 Å². The zero-order chi connectivity index (χ0) is 20.0. The van der Waals surface area contributed by atoms with Gasteiger partial charge in [0, 0.05) is 13.5 Å². The summed E-state index contributed by atoms with van der Waals surface area (Å²) in [6.45, 7) is 3.32. The van der Waals surface area contributed by atoms with E-state index in [2.05, 4.69) is 10.4 Å². The third-order valence-electron chi connectivity index (χ3n) is 4.20. The van der Waals surface area contributed by atoms with Gasteiger partial charge in [-0.2, -0.15) is 5.10 Å². The second-order valence-corrected chi connectivity index (χ2v) is 6.07. The number of aromatic nitrogens is 2. The zero-order valence-electron chi connectivity index (χ0n) is 16.3. The van der Waals surface area contributed by atoms with E-state index >= 15 is 0 Å². The quantitative estimate of drug-likeness (QED) is 0.711. The number of amides is 1. The first-order valence-corrected chi connectivity index (χ1v) is 8.52. The molecule has 0 bridgehead atoms. The van der Waals surface area contributed by atoms with Gasteiger partial charge in [-0.05, 0) is 38.0 Å². The van der Waals surface area contributed by atoms with Gasteiger partial charge in [-0.25, -0.2) is 0 Å². The van der Waals surface area contributed by atoms with Crippen molar-refractivity contribution in [1.82, 2.24) is 9.78 Å². The van der Waals surface area contributed by atoms with Crippen molar-refractivity contribution in [2.24, 2.45) is 7.05 Å². The minimum absolute atomic E-state index is 0.160. The third kappa shape index (κ3) is 5.22. The molecule has 146 valence electrons. The van der Waals surface area contributed by atoms with Gasteiger partial charge in [-0.15, -0.1) is 0 Å². The van der Waals surface area contributed by atoms with Gasteiger partial charge in [0.05, 0.1) is 31.3 Å². The highest BCUT2D eigenvalue weighted by Crippen LogP contribution is 2.28. The molecule has 1 N–H and O–H groups in total. The van der Waals surface area contributed by atoms with E-state index in [-0.39, 0.29) is 13.0 Å². The summed E-state index contributed by atoms with van der Waals surface area (Å²) in [6, 6.07) is 5.45. The Morgan fingerprint density at radius 1 is 1.15 bits per heavy atom. The number of nitrogens with one attached hydrogen (secondary N) is 1. The molecule has 0 aliphatic rings. The molecule has 0 unspecified atom stereocenters. The van der Waals surface area contributed by atoms with Crippen molar-refractivity contribution in [1.29, 1.82) is 0 Å². The maximum absolute atomic E-state index is 12.0. The highest BCUT2D eigenvalue weighted by atomic mass is 16.5. The summed E-state index contributed by atoms with van der Waals surface area (Å²) >= 11 is 0. The molecule has 0 aliphatic carbocycles. The smallest absolute Gasteiger partial charge is 0.306 e. The predicted molar refractivity (Wildman–Crippen MR) is 100 cm³/mol. The lowest BCUT2D eigenvalue weighted by atomic mass is 10.1. The van der Waals surface area contributed by atoms with Gasteiger partial charge >= 0.3 is 5.97 Å². The maximum Gasteiger partial charge on any atom is 0.306 e. The predicted octanol–water partition coefficient (Wildman–Crippen LogP) is 2.17. The molecule has 0 atom stereocenters. The lowest BCUT2D eigenvalue weighted by molar-refractivity contribution is -0.147. The Labute approximate surface area is 158 Å². The molecule has 8 heteroatoms. The Hall–Kier alpha value is -3.03. The van der Waals surface area contributed by atoms with Crippen molar-refractivity contribution in [3.8, 4) is 11.5 Å². The average molecular weight is 375 g/mol. The van der Waals surface area contributed by atoms with Crippen LogP contribution in [-0.4, -0.2) is 42.5 Å². The third-order valence-corrected chi connectivity index (χ3v) is 4.20. The van der Waals surface area contributed by atoms with Gasteiger partial charge in [-0.1, -0.05) is 6.07 Å². The number of esters is 1. The number of aryl methyl sites for hydroxylation is 3. The zero-order valence-corrected chi connectivity index (χ0v) is 16.3. The van der Waals surface area contributed by atoms with Crippen LogP contribution in [0.5, 0.6) is 11.5 Å². The molecule has 1 amide bonds. The number of anilines is 1. The first-order valence-electron chi connectivity index (χ1n) is 8.52. The van der Waals surface area contributed by atoms with E-state index < -0.39 is 11.9 Å². The van der Waals surface area contributed by atoms with E-state index in [1.165, 1.54) is 0 Å². The summed E-state index contributed by atoms with van der Waals surface area (Å²) < 4.78 is 17.2. The molecule has 2 aromatic rings. The number of nitrogens with zero attached hydrogens (tertiary/aromatic N) is 2. The molecule has 2 rings (SSSR count). The summed E-state index contributed by atoms with van der Waals surface area (Å²) in [5.74, 6) is 0.389. The number of carbonyl (C=O) groups is 2. The van der Waals surface area contributed by atoms with E-state index in [1.807, 2.05) is 19.1 Å². The van der Waals surface area contributed by atoms with Crippen LogP contribution in [0.15, 0.2) is 18.2 Å². The minimum atomic E-state index is -0.445. The highest BCUT2D eigenvalue weighted by Gasteiger charge is 2.14. The molecule has 27 heavy (non-hydrogen) atoms. The van der Waals surface area contributed by atoms with Gasteiger partial charge in [0.2, 0.25) is 0 Å². The summed E-state index contributed by atoms with van der Waals surface area (Å²) in [5, 5.41) is 6.95. The molecular weight excluding hydrogens is 350 g/mol. The summed E-state index contributed by atoms with van der Waals surface area (Å²) in [6.07, 6.45) is 0.634. The molecule has 0 radical (unpaired) electrons. The number of methoxy groups -OCH3 is 2. The molecule has 1 heterocycles. The Morgan fingerprint density at radius 3 is 2.44 bits per heavy atom. The van der Waals surface area contributed by atoms with Crippen LogP contribution in [0.2, 0.25) is 0 Å². The lowest BCUT2D eigenvalue weighted by Crippen LogP contribution is -2.21. The topological polar surface area (TPSA) is 91.7 Å². The molecule has 1 aromatic carbocycles. The van der Waals surface area contributed by atoms with Crippen LogP contribution in [0.25, 0.3) is 0 Å². The second kappa shape index (κ2) is 9.07. The monoisotopic (exact) mass is 375 g/mol. The van der Waals surface area contributed by atoms with Crippen LogP contribution < -0.4 is 14.8 Å². The second-order valence-electron chi connectivity index (χ2n) is 6.07. The van der Waals surface area contributed by atoms with E-state index in [0.29, 0.717) is 29.3 Å². The van der Waals surface area contributed by atoms with Crippen molar-refractivity contribution in [2.45, 2.75) is 26.7 Å². The first kappa shape index (κ1) is 20.3. The fraction of sp³-hybridized carbons (Fsp3) is 0.421. The average Bonchev–Trinajstić information content (AvgIpc) is 2.90. The molecular formula is C19H25N3O5. The van der Waals surface area contributed by atoms with Crippen molar-refractivity contribution in [3.63, 3.8) is 0 Å². The highest BCUT2D eigenvalue weighted by molar-refractivity contribution is 5.93. The van der Waals surface area contributed by atoms with Gasteiger partial charge < -0.3 is 19.5 Å². The number of hydrogen-bond donors (Lipinski definition) is 1. The summed E-state index contributed by atoms with van der Waals surface area (Å²) in [5.41, 5.74) is 3.10. The van der Waals surface area contributed by atoms with Crippen LogP contribution in [-0.2, 0) is 27.8 Å². The number of rotatable bonds is 8. The molecule has 0 aliphatic heterocycles. The van der Waals surface area contributed by atoms with Crippen LogP contribution in [0, 0.1) is 13.8 Å². The normalized spacial score (nSPS) is 10.4. The summed E-state index contributed by atoms with van der Waals surface area (Å²) in [7, 11) is 4.92. The standard InChI is InChI=1S/C19H25N3O5/c1-12-19(13(2)22(3)21-12)20-17(23)11-27-18(24)9-7-14-6-8-15(25-4)16(10-14)26-5/h6,8,10H,7,9,11H2,1-5H3,(H,20,23). The molecule has 0 saturated carbocycles. The molecule has 0 saturated heterocycles. The van der Waals surface area contributed by atoms with Crippen LogP contribution in [0.4, 0.5) is 5.69 Å². The van der Waals surface area contributed by atoms with Gasteiger partial charge in [0.15, 0.2) is 18.1 Å². The molecule has 1 aromatic heterocycles. The van der Waals surface area contributed by atoms with Crippen LogP contribution in [0.3, 0.4) is 0 Å². The van der Waals surface area contributed by atoms with Crippen molar-refractivity contribution in [3.05, 3.63) is 35.2 Å². The fourth-order valence-electron chi connectivity index (χ4n) is 2.63. The van der Waals surface area contributed by atoms with Crippen LogP contribution >= 0.6 is 0 Å². The van der Waals surface area contributed by atoms with Gasteiger partial charge in [0.1, 0.15) is 0 Å². The number of hydrogen-bond acceptors (Lipinski definition) is 6. The molecule has 0 spiro atoms. The van der Waals surface area contributed by atoms with E-state index in [0.717, 1.165) is 11.3 Å². The largest absolute Gasteiger partial charge is 0.493 e. The molecule has 8 nitrogen and oxygen atoms in total. The van der Waals surface area contributed by atoms with E-state index in [4.69, 9.17) is 14.2 Å². The van der Waals surface area contributed by atoms with Crippen molar-refractivity contribution in [2.75, 3.05) is 26.1 Å². The fourth-order valence-corrected chi connectivity index (χ4v) is 2.63. The Balaban J connectivity index is 1.81. The van der Waals surface area contributed by atoms with Gasteiger partial charge in [-0.3, -0.25) is 14.3 Å². The van der Waals surface area contributed by atoms with Gasteiger partial charge in [0.25, 0.3) is 5.91 Å². The number of ether oxygens (including phenoxy) is 3. The molecule has 0 fully saturated rings. The number of benzene rings is 1. The van der Waals surface area contributed by atoms with E-state index in [1.54, 1.807) is 38.9 Å². The number of carbonyl (C=O) groups excluding carboxylic acids is 2. The van der Waals surface area contributed by atoms with E-state index in [9.17, 15) is 9.59 Å². The Bertz CT molecular complexity index is 829. The Kier molecular flexibility index (Phi) is 6.81. The van der Waals surface area contributed by atoms with Crippen molar-refractivity contribution < 1.29 is 23.8 Å².